The van der Waals surface area contributed by atoms with Crippen LogP contribution < -0.4 is 10.9 Å². The van der Waals surface area contributed by atoms with Crippen molar-refractivity contribution in [2.75, 3.05) is 0 Å². The monoisotopic (exact) mass is 321 g/mol. The molecular weight excluding hydrogens is 302 g/mol. The van der Waals surface area contributed by atoms with E-state index in [1.54, 1.807) is 36.7 Å². The van der Waals surface area contributed by atoms with E-state index in [4.69, 9.17) is 0 Å². The van der Waals surface area contributed by atoms with Crippen molar-refractivity contribution in [2.45, 2.75) is 19.9 Å². The number of aromatic nitrogens is 2. The fourth-order valence-electron chi connectivity index (χ4n) is 2.72. The minimum Gasteiger partial charge on any atom is -0.346 e. The number of carbonyl (C=O) groups excluding carboxylic acids is 1. The van der Waals surface area contributed by atoms with Gasteiger partial charge in [0, 0.05) is 12.6 Å². The Morgan fingerprint density at radius 2 is 1.88 bits per heavy atom. The third-order valence-corrected chi connectivity index (χ3v) is 4.15. The lowest BCUT2D eigenvalue weighted by Crippen LogP contribution is -2.27. The first kappa shape index (κ1) is 15.9. The van der Waals surface area contributed by atoms with E-state index < -0.39 is 0 Å². The van der Waals surface area contributed by atoms with Gasteiger partial charge >= 0.3 is 0 Å². The quantitative estimate of drug-likeness (QED) is 0.807. The van der Waals surface area contributed by atoms with Crippen LogP contribution in [0, 0.1) is 6.92 Å². The summed E-state index contributed by atoms with van der Waals surface area (Å²) in [4.78, 5) is 28.7. The SMILES string of the molecule is Cc1nc2cc(C(=O)NC(C)c3ccccc3)ccc2n(C)c1=O. The van der Waals surface area contributed by atoms with Crippen LogP contribution in [0.5, 0.6) is 0 Å². The number of benzene rings is 2. The maximum absolute atomic E-state index is 12.5. The molecule has 122 valence electrons. The number of amides is 1. The van der Waals surface area contributed by atoms with Gasteiger partial charge in [0.2, 0.25) is 0 Å². The molecule has 0 aliphatic heterocycles. The molecule has 5 nitrogen and oxygen atoms in total. The largest absolute Gasteiger partial charge is 0.346 e. The molecule has 3 rings (SSSR count). The lowest BCUT2D eigenvalue weighted by atomic mass is 10.1. The van der Waals surface area contributed by atoms with Crippen molar-refractivity contribution in [1.82, 2.24) is 14.9 Å². The molecule has 0 bridgehead atoms. The van der Waals surface area contributed by atoms with Gasteiger partial charge in [0.15, 0.2) is 0 Å². The summed E-state index contributed by atoms with van der Waals surface area (Å²) in [5, 5.41) is 2.98. The predicted molar refractivity (Wildman–Crippen MR) is 94.0 cm³/mol. The number of rotatable bonds is 3. The highest BCUT2D eigenvalue weighted by Crippen LogP contribution is 2.15. The predicted octanol–water partition coefficient (Wildman–Crippen LogP) is 2.73. The van der Waals surface area contributed by atoms with Gasteiger partial charge in [-0.3, -0.25) is 9.59 Å². The van der Waals surface area contributed by atoms with E-state index in [-0.39, 0.29) is 17.5 Å². The highest BCUT2D eigenvalue weighted by atomic mass is 16.1. The Morgan fingerprint density at radius 3 is 2.58 bits per heavy atom. The van der Waals surface area contributed by atoms with E-state index in [1.165, 1.54) is 0 Å². The Labute approximate surface area is 140 Å². The zero-order chi connectivity index (χ0) is 17.3. The summed E-state index contributed by atoms with van der Waals surface area (Å²) >= 11 is 0. The Kier molecular flexibility index (Phi) is 4.16. The standard InChI is InChI=1S/C19H19N3O2/c1-12(14-7-5-4-6-8-14)21-18(23)15-9-10-17-16(11-15)20-13(2)19(24)22(17)3/h4-12H,1-3H3,(H,21,23). The number of fused-ring (bicyclic) bond motifs is 1. The van der Waals surface area contributed by atoms with E-state index in [0.717, 1.165) is 5.56 Å². The van der Waals surface area contributed by atoms with Gasteiger partial charge in [-0.1, -0.05) is 30.3 Å². The summed E-state index contributed by atoms with van der Waals surface area (Å²) in [6.45, 7) is 3.62. The summed E-state index contributed by atoms with van der Waals surface area (Å²) in [7, 11) is 1.70. The molecule has 0 spiro atoms. The second-order valence-electron chi connectivity index (χ2n) is 5.87. The summed E-state index contributed by atoms with van der Waals surface area (Å²) in [5.74, 6) is -0.165. The summed E-state index contributed by atoms with van der Waals surface area (Å²) in [6.07, 6.45) is 0. The van der Waals surface area contributed by atoms with E-state index in [1.807, 2.05) is 37.3 Å². The van der Waals surface area contributed by atoms with Crippen LogP contribution in [0.3, 0.4) is 0 Å². The lowest BCUT2D eigenvalue weighted by Gasteiger charge is -2.15. The molecule has 0 saturated carbocycles. The number of nitrogens with one attached hydrogen (secondary N) is 1. The molecule has 1 unspecified atom stereocenters. The molecule has 1 heterocycles. The minimum absolute atomic E-state index is 0.0933. The van der Waals surface area contributed by atoms with Crippen molar-refractivity contribution in [1.29, 1.82) is 0 Å². The number of hydrogen-bond donors (Lipinski definition) is 1. The van der Waals surface area contributed by atoms with Gasteiger partial charge in [-0.15, -0.1) is 0 Å². The summed E-state index contributed by atoms with van der Waals surface area (Å²) in [6, 6.07) is 14.9. The Hall–Kier alpha value is -2.95. The molecule has 0 aliphatic rings. The van der Waals surface area contributed by atoms with Crippen molar-refractivity contribution < 1.29 is 4.79 Å². The van der Waals surface area contributed by atoms with Gasteiger partial charge in [-0.05, 0) is 37.6 Å². The smallest absolute Gasteiger partial charge is 0.272 e. The Balaban J connectivity index is 1.90. The van der Waals surface area contributed by atoms with Crippen LogP contribution in [0.25, 0.3) is 11.0 Å². The molecule has 3 aromatic rings. The molecule has 1 atom stereocenters. The van der Waals surface area contributed by atoms with Crippen molar-refractivity contribution >= 4 is 16.9 Å². The average Bonchev–Trinajstić information content (AvgIpc) is 2.60. The maximum atomic E-state index is 12.5. The van der Waals surface area contributed by atoms with Crippen molar-refractivity contribution in [3.8, 4) is 0 Å². The second kappa shape index (κ2) is 6.28. The van der Waals surface area contributed by atoms with Crippen molar-refractivity contribution in [3.05, 3.63) is 75.7 Å². The van der Waals surface area contributed by atoms with Gasteiger partial charge in [-0.2, -0.15) is 0 Å². The van der Waals surface area contributed by atoms with Gasteiger partial charge in [0.25, 0.3) is 11.5 Å². The van der Waals surface area contributed by atoms with Crippen molar-refractivity contribution in [2.24, 2.45) is 7.05 Å². The molecule has 0 fully saturated rings. The highest BCUT2D eigenvalue weighted by Gasteiger charge is 2.13. The molecule has 5 heteroatoms. The maximum Gasteiger partial charge on any atom is 0.272 e. The normalized spacial score (nSPS) is 12.1. The van der Waals surface area contributed by atoms with Gasteiger partial charge in [0.1, 0.15) is 5.69 Å². The number of carbonyl (C=O) groups is 1. The number of aryl methyl sites for hydroxylation is 2. The number of hydrogen-bond acceptors (Lipinski definition) is 3. The molecule has 0 saturated heterocycles. The molecule has 1 N–H and O–H groups in total. The fourth-order valence-corrected chi connectivity index (χ4v) is 2.72. The van der Waals surface area contributed by atoms with E-state index in [2.05, 4.69) is 10.3 Å². The first-order valence-electron chi connectivity index (χ1n) is 7.80. The summed E-state index contributed by atoms with van der Waals surface area (Å²) < 4.78 is 1.55. The van der Waals surface area contributed by atoms with Crippen LogP contribution in [0.4, 0.5) is 0 Å². The van der Waals surface area contributed by atoms with E-state index in [0.29, 0.717) is 22.3 Å². The topological polar surface area (TPSA) is 64.0 Å². The highest BCUT2D eigenvalue weighted by molar-refractivity contribution is 5.97. The van der Waals surface area contributed by atoms with Crippen LogP contribution in [0.2, 0.25) is 0 Å². The molecule has 0 aliphatic carbocycles. The van der Waals surface area contributed by atoms with E-state index in [9.17, 15) is 9.59 Å². The zero-order valence-corrected chi connectivity index (χ0v) is 13.9. The van der Waals surface area contributed by atoms with Crippen LogP contribution in [0.15, 0.2) is 53.3 Å². The lowest BCUT2D eigenvalue weighted by molar-refractivity contribution is 0.0940. The van der Waals surface area contributed by atoms with Gasteiger partial charge in [-0.25, -0.2) is 4.98 Å². The van der Waals surface area contributed by atoms with Gasteiger partial charge in [0.05, 0.1) is 17.1 Å². The first-order chi connectivity index (χ1) is 11.5. The third-order valence-electron chi connectivity index (χ3n) is 4.15. The number of nitrogens with zero attached hydrogens (tertiary/aromatic N) is 2. The Bertz CT molecular complexity index is 962. The second-order valence-corrected chi connectivity index (χ2v) is 5.87. The first-order valence-corrected chi connectivity index (χ1v) is 7.80. The third kappa shape index (κ3) is 2.93. The minimum atomic E-state index is -0.165. The molecule has 1 aromatic heterocycles. The van der Waals surface area contributed by atoms with Crippen molar-refractivity contribution in [3.63, 3.8) is 0 Å². The summed E-state index contributed by atoms with van der Waals surface area (Å²) in [5.41, 5.74) is 3.20. The van der Waals surface area contributed by atoms with Crippen LogP contribution in [-0.4, -0.2) is 15.5 Å². The molecular formula is C19H19N3O2. The molecule has 24 heavy (non-hydrogen) atoms. The van der Waals surface area contributed by atoms with Crippen LogP contribution in [-0.2, 0) is 7.05 Å². The zero-order valence-electron chi connectivity index (χ0n) is 13.9. The Morgan fingerprint density at radius 1 is 1.17 bits per heavy atom. The van der Waals surface area contributed by atoms with Crippen LogP contribution in [0.1, 0.15) is 34.6 Å². The average molecular weight is 321 g/mol. The molecule has 2 aromatic carbocycles. The van der Waals surface area contributed by atoms with Gasteiger partial charge < -0.3 is 9.88 Å². The fraction of sp³-hybridized carbons (Fsp3) is 0.211. The molecule has 0 radical (unpaired) electrons. The van der Waals surface area contributed by atoms with Crippen LogP contribution >= 0.6 is 0 Å². The van der Waals surface area contributed by atoms with E-state index >= 15 is 0 Å². The molecule has 1 amide bonds.